The number of hydrogen-bond donors (Lipinski definition) is 3. The molecule has 1 amide bonds. The molecule has 7 nitrogen and oxygen atoms in total. The summed E-state index contributed by atoms with van der Waals surface area (Å²) < 4.78 is 31.6. The average molecular weight is 407 g/mol. The van der Waals surface area contributed by atoms with Gasteiger partial charge in [-0.2, -0.15) is 0 Å². The molecule has 0 radical (unpaired) electrons. The van der Waals surface area contributed by atoms with E-state index in [2.05, 4.69) is 10.7 Å². The maximum atomic E-state index is 14.1. The largest absolute Gasteiger partial charge is 0.492 e. The van der Waals surface area contributed by atoms with E-state index < -0.39 is 35.8 Å². The summed E-state index contributed by atoms with van der Waals surface area (Å²) in [7, 11) is -0.703. The molecule has 0 bridgehead atoms. The fraction of sp³-hybridized carbons (Fsp3) is 0.550. The number of anilines is 1. The summed E-state index contributed by atoms with van der Waals surface area (Å²) in [5.74, 6) is 4.79. The fourth-order valence-corrected chi connectivity index (χ4v) is 2.64. The average Bonchev–Trinajstić information content (AvgIpc) is 2.77. The number of carbonyl (C=O) groups is 1. The predicted octanol–water partition coefficient (Wildman–Crippen LogP) is 3.65. The van der Waals surface area contributed by atoms with Gasteiger partial charge in [-0.05, 0) is 71.6 Å². The lowest BCUT2D eigenvalue weighted by molar-refractivity contribution is 0.00578. The molecule has 1 aliphatic rings. The summed E-state index contributed by atoms with van der Waals surface area (Å²) >= 11 is 0. The Morgan fingerprint density at radius 1 is 1.24 bits per heavy atom. The third-order valence-corrected chi connectivity index (χ3v) is 4.89. The van der Waals surface area contributed by atoms with E-state index in [4.69, 9.17) is 19.9 Å². The van der Waals surface area contributed by atoms with Gasteiger partial charge in [-0.3, -0.25) is 5.84 Å². The molecule has 4 N–H and O–H groups in total. The monoisotopic (exact) mass is 407 g/mol. The molecule has 9 heteroatoms. The molecular formula is C20H31BFN3O4. The molecule has 1 aromatic carbocycles. The van der Waals surface area contributed by atoms with E-state index in [0.29, 0.717) is 11.0 Å². The highest BCUT2D eigenvalue weighted by molar-refractivity contribution is 6.56. The summed E-state index contributed by atoms with van der Waals surface area (Å²) in [5.41, 5.74) is 1.96. The van der Waals surface area contributed by atoms with Crippen LogP contribution in [0, 0.1) is 5.82 Å². The van der Waals surface area contributed by atoms with Crippen LogP contribution in [0.15, 0.2) is 23.7 Å². The second-order valence-corrected chi connectivity index (χ2v) is 9.05. The van der Waals surface area contributed by atoms with Crippen molar-refractivity contribution in [1.29, 1.82) is 0 Å². The number of nitrogen functional groups attached to an aromatic ring is 1. The topological polar surface area (TPSA) is 94.8 Å². The normalized spacial score (nSPS) is 18.5. The van der Waals surface area contributed by atoms with Crippen LogP contribution in [0.25, 0.3) is 6.08 Å². The molecule has 1 heterocycles. The van der Waals surface area contributed by atoms with Crippen molar-refractivity contribution in [2.24, 2.45) is 5.84 Å². The second kappa shape index (κ2) is 8.34. The number of rotatable bonds is 5. The first-order valence-electron chi connectivity index (χ1n) is 9.53. The molecule has 0 saturated carbocycles. The van der Waals surface area contributed by atoms with Crippen LogP contribution in [-0.4, -0.2) is 36.6 Å². The van der Waals surface area contributed by atoms with Crippen molar-refractivity contribution in [2.75, 3.05) is 12.0 Å². The summed E-state index contributed by atoms with van der Waals surface area (Å²) in [4.78, 5) is 12.1. The van der Waals surface area contributed by atoms with Crippen LogP contribution in [0.2, 0.25) is 0 Å². The van der Waals surface area contributed by atoms with Gasteiger partial charge in [-0.15, -0.1) is 0 Å². The van der Waals surface area contributed by atoms with E-state index in [1.165, 1.54) is 12.1 Å². The molecule has 1 fully saturated rings. The minimum Gasteiger partial charge on any atom is -0.444 e. The van der Waals surface area contributed by atoms with Gasteiger partial charge in [0.15, 0.2) is 0 Å². The highest BCUT2D eigenvalue weighted by Crippen LogP contribution is 2.38. The number of ether oxygens (including phenoxy) is 1. The summed E-state index contributed by atoms with van der Waals surface area (Å²) in [5, 5.41) is 2.71. The Labute approximate surface area is 172 Å². The number of nitrogens with two attached hydrogens (primary N) is 1. The molecule has 29 heavy (non-hydrogen) atoms. The fourth-order valence-electron chi connectivity index (χ4n) is 2.64. The van der Waals surface area contributed by atoms with Gasteiger partial charge >= 0.3 is 13.2 Å². The van der Waals surface area contributed by atoms with Crippen LogP contribution in [0.3, 0.4) is 0 Å². The number of amides is 1. The van der Waals surface area contributed by atoms with Crippen molar-refractivity contribution < 1.29 is 23.2 Å². The van der Waals surface area contributed by atoms with Crippen molar-refractivity contribution in [3.05, 3.63) is 35.1 Å². The molecule has 160 valence electrons. The zero-order chi connectivity index (χ0) is 22.0. The van der Waals surface area contributed by atoms with E-state index in [-0.39, 0.29) is 12.2 Å². The first-order valence-corrected chi connectivity index (χ1v) is 9.53. The van der Waals surface area contributed by atoms with Crippen LogP contribution < -0.4 is 16.6 Å². The zero-order valence-electron chi connectivity index (χ0n) is 18.2. The molecule has 1 aliphatic heterocycles. The van der Waals surface area contributed by atoms with Gasteiger partial charge in [-0.1, -0.05) is 12.1 Å². The van der Waals surface area contributed by atoms with Gasteiger partial charge < -0.3 is 24.8 Å². The molecule has 0 unspecified atom stereocenters. The van der Waals surface area contributed by atoms with Gasteiger partial charge in [0, 0.05) is 6.54 Å². The highest BCUT2D eigenvalue weighted by atomic mass is 19.1. The van der Waals surface area contributed by atoms with Crippen LogP contribution in [0.5, 0.6) is 0 Å². The molecule has 0 spiro atoms. The Hall–Kier alpha value is -2.10. The smallest absolute Gasteiger partial charge is 0.444 e. The molecular weight excluding hydrogens is 376 g/mol. The lowest BCUT2D eigenvalue weighted by Crippen LogP contribution is -2.41. The summed E-state index contributed by atoms with van der Waals surface area (Å²) in [6.07, 6.45) is 1.16. The van der Waals surface area contributed by atoms with Crippen LogP contribution in [0.4, 0.5) is 14.9 Å². The highest BCUT2D eigenvalue weighted by Gasteiger charge is 2.52. The van der Waals surface area contributed by atoms with Crippen molar-refractivity contribution in [3.8, 4) is 0 Å². The third-order valence-electron chi connectivity index (χ3n) is 4.89. The number of nitrogens with one attached hydrogen (secondary N) is 2. The third kappa shape index (κ3) is 5.94. The van der Waals surface area contributed by atoms with Crippen LogP contribution in [-0.2, 0) is 14.0 Å². The van der Waals surface area contributed by atoms with E-state index in [0.717, 1.165) is 0 Å². The molecule has 1 saturated heterocycles. The summed E-state index contributed by atoms with van der Waals surface area (Å²) in [6.45, 7) is 13.2. The first kappa shape index (κ1) is 23.2. The quantitative estimate of drug-likeness (QED) is 0.392. The Bertz CT molecular complexity index is 774. The van der Waals surface area contributed by atoms with Gasteiger partial charge in [-0.25, -0.2) is 9.18 Å². The lowest BCUT2D eigenvalue weighted by Gasteiger charge is -2.32. The summed E-state index contributed by atoms with van der Waals surface area (Å²) in [6, 6.07) is 4.58. The van der Waals surface area contributed by atoms with Crippen LogP contribution in [0.1, 0.15) is 54.0 Å². The first-order chi connectivity index (χ1) is 13.2. The number of benzene rings is 1. The number of hydrazine groups is 1. The van der Waals surface area contributed by atoms with Crippen molar-refractivity contribution in [1.82, 2.24) is 5.32 Å². The van der Waals surface area contributed by atoms with E-state index in [1.54, 1.807) is 32.9 Å². The van der Waals surface area contributed by atoms with Crippen molar-refractivity contribution in [2.45, 2.75) is 65.3 Å². The van der Waals surface area contributed by atoms with E-state index >= 15 is 0 Å². The van der Waals surface area contributed by atoms with Gasteiger partial charge in [0.1, 0.15) is 11.4 Å². The Balaban J connectivity index is 2.28. The Kier molecular flexibility index (Phi) is 6.66. The standard InChI is InChI=1S/C20H31BFN3O4/c1-18(2,3)27-17(26)24-12-14(21-28-19(4,5)20(6,7)29-21)10-13-8-9-16(25-23)15(22)11-13/h8-11,25H,12,23H2,1-7H3,(H,24,26). The maximum absolute atomic E-state index is 14.1. The minimum atomic E-state index is -0.703. The molecule has 1 aromatic rings. The Morgan fingerprint density at radius 3 is 2.31 bits per heavy atom. The molecule has 0 aliphatic carbocycles. The maximum Gasteiger partial charge on any atom is 0.492 e. The van der Waals surface area contributed by atoms with Gasteiger partial charge in [0.05, 0.1) is 16.9 Å². The van der Waals surface area contributed by atoms with Gasteiger partial charge in [0.2, 0.25) is 0 Å². The molecule has 0 aromatic heterocycles. The number of hydrogen-bond acceptors (Lipinski definition) is 6. The van der Waals surface area contributed by atoms with E-state index in [1.807, 2.05) is 27.7 Å². The SMILES string of the molecule is CC(C)(C)OC(=O)NCC(=Cc1ccc(NN)c(F)c1)B1OC(C)(C)C(C)(C)O1. The van der Waals surface area contributed by atoms with Crippen LogP contribution >= 0.6 is 0 Å². The predicted molar refractivity (Wildman–Crippen MR) is 113 cm³/mol. The number of alkyl carbamates (subject to hydrolysis) is 1. The second-order valence-electron chi connectivity index (χ2n) is 9.05. The minimum absolute atomic E-state index is 0.115. The van der Waals surface area contributed by atoms with Crippen molar-refractivity contribution in [3.63, 3.8) is 0 Å². The van der Waals surface area contributed by atoms with E-state index in [9.17, 15) is 9.18 Å². The number of halogens is 1. The zero-order valence-corrected chi connectivity index (χ0v) is 18.2. The molecule has 2 rings (SSSR count). The Morgan fingerprint density at radius 2 is 1.83 bits per heavy atom. The number of carbonyl (C=O) groups excluding carboxylic acids is 1. The lowest BCUT2D eigenvalue weighted by atomic mass is 9.77. The molecule has 0 atom stereocenters. The van der Waals surface area contributed by atoms with Crippen molar-refractivity contribution >= 4 is 25.0 Å². The van der Waals surface area contributed by atoms with Gasteiger partial charge in [0.25, 0.3) is 0 Å².